The molecule has 3 rings (SSSR count). The third kappa shape index (κ3) is 6.63. The van der Waals surface area contributed by atoms with E-state index in [9.17, 15) is 10.2 Å². The number of phenolic OH excluding ortho intramolecular Hbond substituents is 2. The van der Waals surface area contributed by atoms with Gasteiger partial charge in [0.05, 0.1) is 0 Å². The van der Waals surface area contributed by atoms with Crippen molar-refractivity contribution in [1.29, 1.82) is 0 Å². The number of hydrogen-bond donors (Lipinski definition) is 2. The minimum absolute atomic E-state index is 0.259. The topological polar surface area (TPSA) is 40.5 Å². The molecule has 0 spiro atoms. The predicted octanol–water partition coefficient (Wildman–Crippen LogP) is 9.01. The van der Waals surface area contributed by atoms with Crippen LogP contribution < -0.4 is 0 Å². The Morgan fingerprint density at radius 3 is 1.76 bits per heavy atom. The zero-order valence-corrected chi connectivity index (χ0v) is 21.0. The lowest BCUT2D eigenvalue weighted by atomic mass is 9.95. The van der Waals surface area contributed by atoms with Crippen LogP contribution in [0.5, 0.6) is 11.5 Å². The first kappa shape index (κ1) is 24.9. The summed E-state index contributed by atoms with van der Waals surface area (Å²) in [6.45, 7) is 11.0. The molecule has 0 bridgehead atoms. The standard InChI is InChI=1S/C31H40O2/c1-21(2)9-6-11-23(5)12-8-14-25-16-18-27-29(20-25)31(33)26-17-15-24(13-7-10-22(3)4)19-28(26)30(27)32/h10,12,15-21,32-33H,6-9,11,13-14H2,1-5H3/b23-12+. The van der Waals surface area contributed by atoms with Crippen LogP contribution in [0.25, 0.3) is 21.5 Å². The highest BCUT2D eigenvalue weighted by Gasteiger charge is 2.14. The summed E-state index contributed by atoms with van der Waals surface area (Å²) < 4.78 is 0. The summed E-state index contributed by atoms with van der Waals surface area (Å²) in [7, 11) is 0. The molecule has 0 unspecified atom stereocenters. The van der Waals surface area contributed by atoms with Crippen LogP contribution in [0, 0.1) is 5.92 Å². The van der Waals surface area contributed by atoms with E-state index in [1.165, 1.54) is 41.5 Å². The minimum Gasteiger partial charge on any atom is -0.507 e. The van der Waals surface area contributed by atoms with Gasteiger partial charge in [-0.15, -0.1) is 0 Å². The Morgan fingerprint density at radius 1 is 0.758 bits per heavy atom. The molecule has 3 aromatic rings. The molecule has 2 N–H and O–H groups in total. The molecule has 0 amide bonds. The van der Waals surface area contributed by atoms with Crippen LogP contribution in [-0.4, -0.2) is 10.2 Å². The summed E-state index contributed by atoms with van der Waals surface area (Å²) in [5.41, 5.74) is 5.13. The van der Waals surface area contributed by atoms with Crippen LogP contribution in [0.4, 0.5) is 0 Å². The van der Waals surface area contributed by atoms with Crippen molar-refractivity contribution in [3.63, 3.8) is 0 Å². The van der Waals surface area contributed by atoms with Gasteiger partial charge in [0, 0.05) is 21.5 Å². The van der Waals surface area contributed by atoms with E-state index in [2.05, 4.69) is 58.9 Å². The van der Waals surface area contributed by atoms with Crippen molar-refractivity contribution < 1.29 is 10.2 Å². The molecule has 0 fully saturated rings. The normalized spacial score (nSPS) is 12.1. The maximum Gasteiger partial charge on any atom is 0.131 e. The van der Waals surface area contributed by atoms with Gasteiger partial charge in [-0.25, -0.2) is 0 Å². The van der Waals surface area contributed by atoms with Crippen LogP contribution in [-0.2, 0) is 12.8 Å². The monoisotopic (exact) mass is 444 g/mol. The Kier molecular flexibility index (Phi) is 8.61. The molecular formula is C31H40O2. The van der Waals surface area contributed by atoms with Crippen molar-refractivity contribution >= 4 is 21.5 Å². The van der Waals surface area contributed by atoms with Gasteiger partial charge in [0.1, 0.15) is 11.5 Å². The fourth-order valence-corrected chi connectivity index (χ4v) is 4.49. The molecule has 33 heavy (non-hydrogen) atoms. The lowest BCUT2D eigenvalue weighted by Gasteiger charge is -2.12. The molecule has 176 valence electrons. The van der Waals surface area contributed by atoms with Crippen molar-refractivity contribution in [3.8, 4) is 11.5 Å². The highest BCUT2D eigenvalue weighted by molar-refractivity contribution is 6.10. The van der Waals surface area contributed by atoms with E-state index >= 15 is 0 Å². The largest absolute Gasteiger partial charge is 0.507 e. The van der Waals surface area contributed by atoms with E-state index in [-0.39, 0.29) is 11.5 Å². The summed E-state index contributed by atoms with van der Waals surface area (Å²) in [6, 6.07) is 12.1. The number of rotatable bonds is 10. The lowest BCUT2D eigenvalue weighted by Crippen LogP contribution is -1.90. The summed E-state index contributed by atoms with van der Waals surface area (Å²) in [4.78, 5) is 0. The van der Waals surface area contributed by atoms with Gasteiger partial charge in [0.15, 0.2) is 0 Å². The Bertz CT molecular complexity index is 1160. The van der Waals surface area contributed by atoms with E-state index in [1.807, 2.05) is 24.3 Å². The Balaban J connectivity index is 1.79. The maximum absolute atomic E-state index is 11.0. The summed E-state index contributed by atoms with van der Waals surface area (Å²) >= 11 is 0. The van der Waals surface area contributed by atoms with E-state index in [4.69, 9.17) is 0 Å². The fraction of sp³-hybridized carbons (Fsp3) is 0.419. The Morgan fingerprint density at radius 2 is 1.27 bits per heavy atom. The van der Waals surface area contributed by atoms with E-state index in [1.54, 1.807) is 0 Å². The summed E-state index contributed by atoms with van der Waals surface area (Å²) in [5.74, 6) is 1.29. The summed E-state index contributed by atoms with van der Waals surface area (Å²) in [6.07, 6.45) is 12.1. The maximum atomic E-state index is 11.0. The fourth-order valence-electron chi connectivity index (χ4n) is 4.49. The molecule has 0 aliphatic carbocycles. The number of fused-ring (bicyclic) bond motifs is 2. The molecule has 0 saturated carbocycles. The van der Waals surface area contributed by atoms with Crippen molar-refractivity contribution in [1.82, 2.24) is 0 Å². The molecule has 0 aromatic heterocycles. The first-order valence-corrected chi connectivity index (χ1v) is 12.4. The van der Waals surface area contributed by atoms with Crippen molar-refractivity contribution in [2.45, 2.75) is 79.6 Å². The second-order valence-corrected chi connectivity index (χ2v) is 10.2. The second kappa shape index (κ2) is 11.4. The molecule has 3 aromatic carbocycles. The number of aryl methyl sites for hydroxylation is 2. The average Bonchev–Trinajstić information content (AvgIpc) is 2.77. The first-order chi connectivity index (χ1) is 15.8. The molecule has 2 heteroatoms. The van der Waals surface area contributed by atoms with Crippen molar-refractivity contribution in [3.05, 3.63) is 70.8 Å². The third-order valence-corrected chi connectivity index (χ3v) is 6.45. The van der Waals surface area contributed by atoms with Gasteiger partial charge < -0.3 is 10.2 Å². The van der Waals surface area contributed by atoms with Gasteiger partial charge in [-0.3, -0.25) is 0 Å². The highest BCUT2D eigenvalue weighted by atomic mass is 16.3. The van der Waals surface area contributed by atoms with Crippen molar-refractivity contribution in [2.75, 3.05) is 0 Å². The summed E-state index contributed by atoms with van der Waals surface area (Å²) in [5, 5.41) is 24.9. The van der Waals surface area contributed by atoms with E-state index in [0.717, 1.165) is 42.4 Å². The number of hydrogen-bond acceptors (Lipinski definition) is 2. The SMILES string of the molecule is CC(C)=CCCc1ccc2c(O)c3cc(CC/C=C(\C)CCCC(C)C)ccc3c(O)c2c1. The Labute approximate surface area is 199 Å². The van der Waals surface area contributed by atoms with Crippen molar-refractivity contribution in [2.24, 2.45) is 5.92 Å². The Hall–Kier alpha value is -2.74. The number of allylic oxidation sites excluding steroid dienone is 4. The number of benzene rings is 3. The zero-order valence-electron chi connectivity index (χ0n) is 21.0. The minimum atomic E-state index is 0.259. The highest BCUT2D eigenvalue weighted by Crippen LogP contribution is 2.42. The number of aromatic hydroxyl groups is 2. The average molecular weight is 445 g/mol. The van der Waals surface area contributed by atoms with Gasteiger partial charge >= 0.3 is 0 Å². The predicted molar refractivity (Wildman–Crippen MR) is 143 cm³/mol. The van der Waals surface area contributed by atoms with Crippen LogP contribution in [0.1, 0.15) is 77.8 Å². The molecule has 0 saturated heterocycles. The van der Waals surface area contributed by atoms with Crippen LogP contribution in [0.3, 0.4) is 0 Å². The molecule has 0 radical (unpaired) electrons. The van der Waals surface area contributed by atoms with E-state index in [0.29, 0.717) is 10.8 Å². The molecule has 0 aliphatic heterocycles. The van der Waals surface area contributed by atoms with Gasteiger partial charge in [0.2, 0.25) is 0 Å². The van der Waals surface area contributed by atoms with Gasteiger partial charge in [-0.05, 0) is 88.5 Å². The van der Waals surface area contributed by atoms with Crippen LogP contribution >= 0.6 is 0 Å². The van der Waals surface area contributed by atoms with Gasteiger partial charge in [-0.1, -0.05) is 67.8 Å². The van der Waals surface area contributed by atoms with Crippen LogP contribution in [0.15, 0.2) is 59.7 Å². The van der Waals surface area contributed by atoms with Gasteiger partial charge in [0.25, 0.3) is 0 Å². The zero-order chi connectivity index (χ0) is 24.0. The molecule has 0 heterocycles. The smallest absolute Gasteiger partial charge is 0.131 e. The van der Waals surface area contributed by atoms with E-state index < -0.39 is 0 Å². The molecular weight excluding hydrogens is 404 g/mol. The molecule has 0 aliphatic rings. The first-order valence-electron chi connectivity index (χ1n) is 12.4. The third-order valence-electron chi connectivity index (χ3n) is 6.45. The lowest BCUT2D eigenvalue weighted by molar-refractivity contribution is 0.478. The molecule has 2 nitrogen and oxygen atoms in total. The molecule has 0 atom stereocenters. The van der Waals surface area contributed by atoms with Gasteiger partial charge in [-0.2, -0.15) is 0 Å². The second-order valence-electron chi connectivity index (χ2n) is 10.2. The van der Waals surface area contributed by atoms with Crippen LogP contribution in [0.2, 0.25) is 0 Å². The number of phenols is 2. The quantitative estimate of drug-likeness (QED) is 0.186.